The maximum absolute atomic E-state index is 13.0. The zero-order valence-corrected chi connectivity index (χ0v) is 18.2. The van der Waals surface area contributed by atoms with Crippen LogP contribution in [-0.4, -0.2) is 64.4 Å². The first-order chi connectivity index (χ1) is 14.2. The van der Waals surface area contributed by atoms with Crippen LogP contribution in [0.3, 0.4) is 0 Å². The Morgan fingerprint density at radius 2 is 1.57 bits per heavy atom. The molecule has 0 fully saturated rings. The molecule has 0 radical (unpaired) electrons. The fourth-order valence-corrected chi connectivity index (χ4v) is 3.86. The van der Waals surface area contributed by atoms with Crippen molar-refractivity contribution in [2.24, 2.45) is 0 Å². The average Bonchev–Trinajstić information content (AvgIpc) is 2.74. The summed E-state index contributed by atoms with van der Waals surface area (Å²) in [6, 6.07) is 11.8. The molecule has 0 saturated heterocycles. The van der Waals surface area contributed by atoms with E-state index in [1.807, 2.05) is 0 Å². The number of carbonyl (C=O) groups excluding carboxylic acids is 1. The Hall–Kier alpha value is -2.65. The van der Waals surface area contributed by atoms with Gasteiger partial charge in [-0.25, -0.2) is 17.1 Å². The van der Waals surface area contributed by atoms with Gasteiger partial charge in [0.1, 0.15) is 23.9 Å². The van der Waals surface area contributed by atoms with Gasteiger partial charge in [-0.2, -0.15) is 0 Å². The third-order valence-electron chi connectivity index (χ3n) is 4.57. The number of likely N-dealkylation sites (N-methyl/N-ethyl adjacent to an activating group) is 1. The topological polar surface area (TPSA) is 76.2 Å². The van der Waals surface area contributed by atoms with E-state index in [0.717, 1.165) is 17.9 Å². The zero-order valence-electron chi connectivity index (χ0n) is 17.4. The van der Waals surface area contributed by atoms with Crippen molar-refractivity contribution in [3.63, 3.8) is 0 Å². The summed E-state index contributed by atoms with van der Waals surface area (Å²) < 4.78 is 49.8. The summed E-state index contributed by atoms with van der Waals surface area (Å²) in [6.07, 6.45) is 0.585. The van der Waals surface area contributed by atoms with Crippen molar-refractivity contribution in [1.29, 1.82) is 0 Å². The van der Waals surface area contributed by atoms with Gasteiger partial charge in [-0.05, 0) is 55.0 Å². The molecule has 0 aliphatic rings. The van der Waals surface area contributed by atoms with Crippen LogP contribution in [0.5, 0.6) is 11.5 Å². The molecule has 0 atom stereocenters. The number of sulfonamides is 1. The number of ether oxygens (including phenoxy) is 2. The van der Waals surface area contributed by atoms with Crippen LogP contribution in [0.25, 0.3) is 0 Å². The van der Waals surface area contributed by atoms with Crippen molar-refractivity contribution in [3.8, 4) is 11.5 Å². The lowest BCUT2D eigenvalue weighted by Crippen LogP contribution is -2.32. The number of rotatable bonds is 11. The average molecular weight is 439 g/mol. The van der Waals surface area contributed by atoms with E-state index in [2.05, 4.69) is 0 Å². The monoisotopic (exact) mass is 438 g/mol. The van der Waals surface area contributed by atoms with Gasteiger partial charge in [0.2, 0.25) is 15.9 Å². The van der Waals surface area contributed by atoms with E-state index in [1.54, 1.807) is 43.3 Å². The molecule has 0 aromatic heterocycles. The van der Waals surface area contributed by atoms with Crippen LogP contribution in [0.15, 0.2) is 53.4 Å². The number of carbonyl (C=O) groups is 1. The molecule has 0 spiro atoms. The molecular formula is C21H27FN2O5S. The van der Waals surface area contributed by atoms with E-state index in [0.29, 0.717) is 25.3 Å². The normalized spacial score (nSPS) is 11.4. The third-order valence-corrected chi connectivity index (χ3v) is 6.44. The highest BCUT2D eigenvalue weighted by Gasteiger charge is 2.21. The molecule has 0 aliphatic carbocycles. The molecule has 9 heteroatoms. The fourth-order valence-electron chi connectivity index (χ4n) is 2.65. The first-order valence-corrected chi connectivity index (χ1v) is 10.9. The summed E-state index contributed by atoms with van der Waals surface area (Å²) in [4.78, 5) is 13.8. The Labute approximate surface area is 177 Å². The predicted molar refractivity (Wildman–Crippen MR) is 112 cm³/mol. The number of nitrogens with zero attached hydrogens (tertiary/aromatic N) is 2. The number of halogens is 1. The minimum atomic E-state index is -3.71. The van der Waals surface area contributed by atoms with Crippen LogP contribution in [0, 0.1) is 5.82 Å². The van der Waals surface area contributed by atoms with Crippen LogP contribution >= 0.6 is 0 Å². The molecule has 2 rings (SSSR count). The lowest BCUT2D eigenvalue weighted by Gasteiger charge is -2.19. The van der Waals surface area contributed by atoms with Gasteiger partial charge in [-0.3, -0.25) is 4.79 Å². The van der Waals surface area contributed by atoms with Crippen molar-refractivity contribution >= 4 is 15.9 Å². The second-order valence-corrected chi connectivity index (χ2v) is 8.77. The van der Waals surface area contributed by atoms with Crippen molar-refractivity contribution in [2.75, 3.05) is 40.9 Å². The molecule has 0 bridgehead atoms. The van der Waals surface area contributed by atoms with Crippen molar-refractivity contribution in [3.05, 3.63) is 54.3 Å². The number of hydrogen-bond donors (Lipinski definition) is 0. The zero-order chi connectivity index (χ0) is 22.1. The van der Waals surface area contributed by atoms with Gasteiger partial charge in [-0.1, -0.05) is 0 Å². The van der Waals surface area contributed by atoms with E-state index in [4.69, 9.17) is 9.47 Å². The predicted octanol–water partition coefficient (Wildman–Crippen LogP) is 2.77. The van der Waals surface area contributed by atoms with Crippen LogP contribution in [0.1, 0.15) is 12.8 Å². The summed E-state index contributed by atoms with van der Waals surface area (Å²) in [6.45, 7) is 0.934. The molecular weight excluding hydrogens is 411 g/mol. The Morgan fingerprint density at radius 1 is 0.967 bits per heavy atom. The summed E-state index contributed by atoms with van der Waals surface area (Å²) in [5.41, 5.74) is 0. The molecule has 0 N–H and O–H groups in total. The summed E-state index contributed by atoms with van der Waals surface area (Å²) in [5.74, 6) is 0.826. The molecule has 30 heavy (non-hydrogen) atoms. The summed E-state index contributed by atoms with van der Waals surface area (Å²) in [5, 5.41) is 0. The lowest BCUT2D eigenvalue weighted by atomic mass is 10.3. The van der Waals surface area contributed by atoms with E-state index in [1.165, 1.54) is 23.5 Å². The van der Waals surface area contributed by atoms with Crippen LogP contribution in [-0.2, 0) is 14.8 Å². The number of benzene rings is 2. The lowest BCUT2D eigenvalue weighted by molar-refractivity contribution is -0.130. The molecule has 2 aromatic carbocycles. The second kappa shape index (κ2) is 10.9. The van der Waals surface area contributed by atoms with Crippen molar-refractivity contribution in [1.82, 2.24) is 9.21 Å². The number of methoxy groups -OCH3 is 1. The highest BCUT2D eigenvalue weighted by molar-refractivity contribution is 7.89. The molecule has 0 heterocycles. The first kappa shape index (κ1) is 23.6. The Balaban J connectivity index is 1.72. The second-order valence-electron chi connectivity index (χ2n) is 6.72. The van der Waals surface area contributed by atoms with Gasteiger partial charge in [-0.15, -0.1) is 0 Å². The first-order valence-electron chi connectivity index (χ1n) is 9.47. The summed E-state index contributed by atoms with van der Waals surface area (Å²) >= 11 is 0. The molecule has 164 valence electrons. The van der Waals surface area contributed by atoms with E-state index < -0.39 is 15.8 Å². The Morgan fingerprint density at radius 3 is 2.17 bits per heavy atom. The van der Waals surface area contributed by atoms with Gasteiger partial charge in [0.25, 0.3) is 0 Å². The standard InChI is InChI=1S/C21H27FN2O5S/c1-23(15-16-29-19-10-8-18(28-3)9-11-19)21(25)5-4-14-24(2)30(26,27)20-12-6-17(22)7-13-20/h6-13H,4-5,14-16H2,1-3H3. The molecule has 1 amide bonds. The van der Waals surface area contributed by atoms with E-state index in [9.17, 15) is 17.6 Å². The minimum absolute atomic E-state index is 0.0190. The van der Waals surface area contributed by atoms with Crippen molar-refractivity contribution in [2.45, 2.75) is 17.7 Å². The van der Waals surface area contributed by atoms with Gasteiger partial charge in [0.15, 0.2) is 0 Å². The third kappa shape index (κ3) is 6.70. The minimum Gasteiger partial charge on any atom is -0.497 e. The van der Waals surface area contributed by atoms with Crippen molar-refractivity contribution < 1.29 is 27.1 Å². The van der Waals surface area contributed by atoms with Gasteiger partial charge in [0.05, 0.1) is 18.6 Å². The summed E-state index contributed by atoms with van der Waals surface area (Å²) in [7, 11) is 0.998. The van der Waals surface area contributed by atoms with E-state index in [-0.39, 0.29) is 23.8 Å². The van der Waals surface area contributed by atoms with Crippen LogP contribution in [0.4, 0.5) is 4.39 Å². The molecule has 0 saturated carbocycles. The van der Waals surface area contributed by atoms with Gasteiger partial charge >= 0.3 is 0 Å². The smallest absolute Gasteiger partial charge is 0.242 e. The maximum atomic E-state index is 13.0. The van der Waals surface area contributed by atoms with Crippen LogP contribution < -0.4 is 9.47 Å². The molecule has 7 nitrogen and oxygen atoms in total. The van der Waals surface area contributed by atoms with E-state index >= 15 is 0 Å². The SMILES string of the molecule is COc1ccc(OCCN(C)C(=O)CCCN(C)S(=O)(=O)c2ccc(F)cc2)cc1. The Bertz CT molecular complexity index is 917. The van der Waals surface area contributed by atoms with Gasteiger partial charge in [0, 0.05) is 27.1 Å². The quantitative estimate of drug-likeness (QED) is 0.539. The van der Waals surface area contributed by atoms with Crippen LogP contribution in [0.2, 0.25) is 0 Å². The molecule has 0 aliphatic heterocycles. The van der Waals surface area contributed by atoms with Gasteiger partial charge < -0.3 is 14.4 Å². The molecule has 2 aromatic rings. The number of hydrogen-bond acceptors (Lipinski definition) is 5. The largest absolute Gasteiger partial charge is 0.497 e. The highest BCUT2D eigenvalue weighted by atomic mass is 32.2. The maximum Gasteiger partial charge on any atom is 0.242 e. The Kier molecular flexibility index (Phi) is 8.61. The molecule has 0 unspecified atom stereocenters. The fraction of sp³-hybridized carbons (Fsp3) is 0.381. The highest BCUT2D eigenvalue weighted by Crippen LogP contribution is 2.17. The number of amides is 1.